The first-order valence-corrected chi connectivity index (χ1v) is 10.5. The van der Waals surface area contributed by atoms with Crippen LogP contribution in [0.15, 0.2) is 53.4 Å². The second-order valence-electron chi connectivity index (χ2n) is 6.96. The first kappa shape index (κ1) is 20.0. The second kappa shape index (κ2) is 9.43. The van der Waals surface area contributed by atoms with E-state index in [0.717, 1.165) is 16.7 Å². The van der Waals surface area contributed by atoms with Gasteiger partial charge in [0.1, 0.15) is 0 Å². The predicted molar refractivity (Wildman–Crippen MR) is 107 cm³/mol. The molecule has 1 fully saturated rings. The van der Waals surface area contributed by atoms with Crippen LogP contribution < -0.4 is 5.11 Å². The largest absolute Gasteiger partial charge is 0.549 e. The van der Waals surface area contributed by atoms with Crippen molar-refractivity contribution in [1.29, 1.82) is 0 Å². The number of Topliss-reactive ketones (excluding diaryl/α,β-unsaturated/α-hetero) is 1. The quantitative estimate of drug-likeness (QED) is 0.490. The molecule has 2 aromatic carbocycles. The highest BCUT2D eigenvalue weighted by atomic mass is 35.5. The summed E-state index contributed by atoms with van der Waals surface area (Å²) in [5, 5.41) is 11.1. The molecule has 1 aliphatic rings. The lowest BCUT2D eigenvalue weighted by Gasteiger charge is -2.22. The average molecular weight is 402 g/mol. The molecule has 1 saturated carbocycles. The van der Waals surface area contributed by atoms with E-state index in [0.29, 0.717) is 16.5 Å². The molecule has 0 spiro atoms. The number of aliphatic carboxylic acids is 1. The third kappa shape index (κ3) is 5.60. The number of carbonyl (C=O) groups excluding carboxylic acids is 2. The Hall–Kier alpha value is -1.78. The van der Waals surface area contributed by atoms with Crippen LogP contribution in [-0.4, -0.2) is 17.0 Å². The fourth-order valence-electron chi connectivity index (χ4n) is 3.51. The molecule has 0 aromatic heterocycles. The lowest BCUT2D eigenvalue weighted by molar-refractivity contribution is -0.304. The van der Waals surface area contributed by atoms with Gasteiger partial charge in [-0.3, -0.25) is 4.79 Å². The van der Waals surface area contributed by atoms with Crippen molar-refractivity contribution in [3.05, 3.63) is 64.7 Å². The third-order valence-corrected chi connectivity index (χ3v) is 6.47. The zero-order valence-corrected chi connectivity index (χ0v) is 16.6. The molecule has 27 heavy (non-hydrogen) atoms. The van der Waals surface area contributed by atoms with Gasteiger partial charge in [0.15, 0.2) is 5.78 Å². The fraction of sp³-hybridized carbons (Fsp3) is 0.364. The smallest absolute Gasteiger partial charge is 0.164 e. The van der Waals surface area contributed by atoms with E-state index in [9.17, 15) is 14.7 Å². The highest BCUT2D eigenvalue weighted by molar-refractivity contribution is 8.00. The van der Waals surface area contributed by atoms with Crippen LogP contribution in [0.5, 0.6) is 0 Å². The summed E-state index contributed by atoms with van der Waals surface area (Å²) >= 11 is 6.96. The molecule has 0 radical (unpaired) electrons. The Bertz CT molecular complexity index is 780. The van der Waals surface area contributed by atoms with Crippen molar-refractivity contribution in [3.8, 4) is 0 Å². The van der Waals surface area contributed by atoms with Gasteiger partial charge in [-0.05, 0) is 48.6 Å². The standard InChI is InChI=1S/C22H23ClO3S/c23-18-10-12-19(13-11-18)27-21(22(25)26)14-20(24)17-8-6-16(7-9-17)15-4-2-1-3-5-15/h6-13,15,21H,1-5,14H2,(H,25,26)/p-1/t21-/m1/s1. The van der Waals surface area contributed by atoms with E-state index < -0.39 is 11.2 Å². The molecule has 142 valence electrons. The van der Waals surface area contributed by atoms with Gasteiger partial charge in [-0.25, -0.2) is 0 Å². The summed E-state index contributed by atoms with van der Waals surface area (Å²) in [7, 11) is 0. The Kier molecular flexibility index (Phi) is 6.97. The Morgan fingerprint density at radius 1 is 1.00 bits per heavy atom. The summed E-state index contributed by atoms with van der Waals surface area (Å²) < 4.78 is 0. The minimum absolute atomic E-state index is 0.0988. The zero-order valence-electron chi connectivity index (χ0n) is 15.0. The second-order valence-corrected chi connectivity index (χ2v) is 8.68. The number of carboxylic acids is 1. The Morgan fingerprint density at radius 2 is 1.63 bits per heavy atom. The van der Waals surface area contributed by atoms with Gasteiger partial charge in [0, 0.05) is 21.9 Å². The zero-order chi connectivity index (χ0) is 19.2. The molecule has 0 N–H and O–H groups in total. The molecule has 0 bridgehead atoms. The third-order valence-electron chi connectivity index (χ3n) is 5.03. The number of rotatable bonds is 7. The number of benzene rings is 2. The van der Waals surface area contributed by atoms with Gasteiger partial charge in [-0.1, -0.05) is 55.1 Å². The van der Waals surface area contributed by atoms with Crippen LogP contribution in [0.4, 0.5) is 0 Å². The molecule has 0 unspecified atom stereocenters. The van der Waals surface area contributed by atoms with Crippen molar-refractivity contribution in [3.63, 3.8) is 0 Å². The first-order chi connectivity index (χ1) is 13.0. The topological polar surface area (TPSA) is 57.2 Å². The molecule has 3 nitrogen and oxygen atoms in total. The normalized spacial score (nSPS) is 16.0. The number of ketones is 1. The number of halogens is 1. The van der Waals surface area contributed by atoms with Gasteiger partial charge in [0.05, 0.1) is 11.2 Å². The molecule has 3 rings (SSSR count). The van der Waals surface area contributed by atoms with Crippen molar-refractivity contribution in [2.45, 2.75) is 54.6 Å². The molecule has 2 aromatic rings. The molecular formula is C22H22ClO3S-. The highest BCUT2D eigenvalue weighted by Crippen LogP contribution is 2.33. The van der Waals surface area contributed by atoms with Crippen molar-refractivity contribution < 1.29 is 14.7 Å². The lowest BCUT2D eigenvalue weighted by Crippen LogP contribution is -2.35. The SMILES string of the molecule is O=C(C[C@@H](Sc1ccc(Cl)cc1)C(=O)[O-])c1ccc(C2CCCCC2)cc1. The monoisotopic (exact) mass is 401 g/mol. The Balaban J connectivity index is 1.64. The summed E-state index contributed by atoms with van der Waals surface area (Å²) in [5.41, 5.74) is 1.83. The number of thioether (sulfide) groups is 1. The van der Waals surface area contributed by atoms with Crippen molar-refractivity contribution in [2.24, 2.45) is 0 Å². The maximum atomic E-state index is 12.6. The van der Waals surface area contributed by atoms with E-state index in [2.05, 4.69) is 0 Å². The molecule has 0 saturated heterocycles. The van der Waals surface area contributed by atoms with E-state index in [1.54, 1.807) is 24.3 Å². The molecular weight excluding hydrogens is 380 g/mol. The minimum atomic E-state index is -1.23. The average Bonchev–Trinajstić information content (AvgIpc) is 2.69. The van der Waals surface area contributed by atoms with Crippen molar-refractivity contribution in [1.82, 2.24) is 0 Å². The lowest BCUT2D eigenvalue weighted by atomic mass is 9.84. The molecule has 1 aliphatic carbocycles. The van der Waals surface area contributed by atoms with Gasteiger partial charge in [-0.2, -0.15) is 0 Å². The van der Waals surface area contributed by atoms with E-state index in [1.165, 1.54) is 37.7 Å². The summed E-state index contributed by atoms with van der Waals surface area (Å²) in [5.74, 6) is -0.831. The van der Waals surface area contributed by atoms with Gasteiger partial charge in [-0.15, -0.1) is 11.8 Å². The maximum absolute atomic E-state index is 12.6. The number of hydrogen-bond donors (Lipinski definition) is 0. The molecule has 0 aliphatic heterocycles. The first-order valence-electron chi connectivity index (χ1n) is 9.29. The van der Waals surface area contributed by atoms with Gasteiger partial charge >= 0.3 is 0 Å². The van der Waals surface area contributed by atoms with E-state index >= 15 is 0 Å². The van der Waals surface area contributed by atoms with Crippen LogP contribution in [0.3, 0.4) is 0 Å². The molecule has 5 heteroatoms. The summed E-state index contributed by atoms with van der Waals surface area (Å²) in [6, 6.07) is 14.6. The van der Waals surface area contributed by atoms with E-state index in [4.69, 9.17) is 11.6 Å². The Labute approximate surface area is 169 Å². The van der Waals surface area contributed by atoms with Crippen LogP contribution in [-0.2, 0) is 4.79 Å². The van der Waals surface area contributed by atoms with Crippen LogP contribution in [0.1, 0.15) is 60.4 Å². The minimum Gasteiger partial charge on any atom is -0.549 e. The van der Waals surface area contributed by atoms with E-state index in [-0.39, 0.29) is 12.2 Å². The fourth-order valence-corrected chi connectivity index (χ4v) is 4.59. The van der Waals surface area contributed by atoms with Gasteiger partial charge in [0.25, 0.3) is 0 Å². The van der Waals surface area contributed by atoms with E-state index in [1.807, 2.05) is 24.3 Å². The van der Waals surface area contributed by atoms with Crippen molar-refractivity contribution >= 4 is 35.1 Å². The maximum Gasteiger partial charge on any atom is 0.164 e. The molecule has 0 heterocycles. The van der Waals surface area contributed by atoms with Crippen molar-refractivity contribution in [2.75, 3.05) is 0 Å². The summed E-state index contributed by atoms with van der Waals surface area (Å²) in [6.07, 6.45) is 6.15. The molecule has 1 atom stereocenters. The van der Waals surface area contributed by atoms with Crippen LogP contribution in [0, 0.1) is 0 Å². The Morgan fingerprint density at radius 3 is 2.22 bits per heavy atom. The van der Waals surface area contributed by atoms with Crippen LogP contribution >= 0.6 is 23.4 Å². The molecule has 0 amide bonds. The van der Waals surface area contributed by atoms with Crippen LogP contribution in [0.2, 0.25) is 5.02 Å². The number of carbonyl (C=O) groups is 2. The summed E-state index contributed by atoms with van der Waals surface area (Å²) in [6.45, 7) is 0. The predicted octanol–water partition coefficient (Wildman–Crippen LogP) is 4.87. The summed E-state index contributed by atoms with van der Waals surface area (Å²) in [4.78, 5) is 24.8. The van der Waals surface area contributed by atoms with Gasteiger partial charge in [0.2, 0.25) is 0 Å². The number of hydrogen-bond acceptors (Lipinski definition) is 4. The number of carboxylic acid groups (broad SMARTS) is 1. The van der Waals surface area contributed by atoms with Gasteiger partial charge < -0.3 is 9.90 Å². The van der Waals surface area contributed by atoms with Crippen LogP contribution in [0.25, 0.3) is 0 Å². The highest BCUT2D eigenvalue weighted by Gasteiger charge is 2.19.